The van der Waals surface area contributed by atoms with Crippen molar-refractivity contribution in [3.05, 3.63) is 86.2 Å². The SMILES string of the molecule is CCOc1ccc(C(=O)N/N=C\c2cc(C)n(-c3ccc(Cl)c([N+](=O)[O-])c3)c2C)cc1. The van der Waals surface area contributed by atoms with Crippen LogP contribution in [0.15, 0.2) is 53.6 Å². The van der Waals surface area contributed by atoms with Crippen LogP contribution in [-0.2, 0) is 0 Å². The molecule has 160 valence electrons. The van der Waals surface area contributed by atoms with E-state index in [-0.39, 0.29) is 16.6 Å². The molecular formula is C22H21ClN4O4. The average molecular weight is 441 g/mol. The van der Waals surface area contributed by atoms with Crippen molar-refractivity contribution in [2.24, 2.45) is 5.10 Å². The molecule has 0 spiro atoms. The van der Waals surface area contributed by atoms with Crippen LogP contribution in [0.5, 0.6) is 5.75 Å². The second-order valence-electron chi connectivity index (χ2n) is 6.71. The molecule has 9 heteroatoms. The van der Waals surface area contributed by atoms with Gasteiger partial charge >= 0.3 is 0 Å². The van der Waals surface area contributed by atoms with Crippen molar-refractivity contribution in [1.29, 1.82) is 0 Å². The van der Waals surface area contributed by atoms with Crippen molar-refractivity contribution in [2.75, 3.05) is 6.61 Å². The van der Waals surface area contributed by atoms with E-state index in [1.54, 1.807) is 30.3 Å². The largest absolute Gasteiger partial charge is 0.494 e. The van der Waals surface area contributed by atoms with E-state index in [0.29, 0.717) is 23.6 Å². The average Bonchev–Trinajstić information content (AvgIpc) is 3.02. The van der Waals surface area contributed by atoms with E-state index in [4.69, 9.17) is 16.3 Å². The fourth-order valence-electron chi connectivity index (χ4n) is 3.19. The van der Waals surface area contributed by atoms with Crippen LogP contribution < -0.4 is 10.2 Å². The van der Waals surface area contributed by atoms with E-state index in [1.807, 2.05) is 31.4 Å². The number of ether oxygens (including phenoxy) is 1. The molecule has 0 aliphatic heterocycles. The molecule has 0 saturated heterocycles. The topological polar surface area (TPSA) is 98.8 Å². The van der Waals surface area contributed by atoms with Gasteiger partial charge in [0.25, 0.3) is 11.6 Å². The quantitative estimate of drug-likeness (QED) is 0.323. The molecule has 1 heterocycles. The first kappa shape index (κ1) is 22.0. The summed E-state index contributed by atoms with van der Waals surface area (Å²) >= 11 is 5.92. The molecule has 31 heavy (non-hydrogen) atoms. The number of aryl methyl sites for hydroxylation is 1. The molecule has 1 aromatic heterocycles. The summed E-state index contributed by atoms with van der Waals surface area (Å²) in [4.78, 5) is 23.0. The van der Waals surface area contributed by atoms with Gasteiger partial charge in [0.05, 0.1) is 23.4 Å². The Kier molecular flexibility index (Phi) is 6.71. The first-order valence-corrected chi connectivity index (χ1v) is 9.89. The van der Waals surface area contributed by atoms with Gasteiger partial charge in [-0.2, -0.15) is 5.10 Å². The third-order valence-corrected chi connectivity index (χ3v) is 4.97. The summed E-state index contributed by atoms with van der Waals surface area (Å²) in [5.41, 5.74) is 5.84. The van der Waals surface area contributed by atoms with Gasteiger partial charge in [-0.25, -0.2) is 5.43 Å². The number of nitro groups is 1. The highest BCUT2D eigenvalue weighted by molar-refractivity contribution is 6.32. The maximum absolute atomic E-state index is 12.3. The second-order valence-corrected chi connectivity index (χ2v) is 7.12. The number of nitrogens with one attached hydrogen (secondary N) is 1. The van der Waals surface area contributed by atoms with Crippen LogP contribution in [0.1, 0.15) is 34.2 Å². The molecule has 0 saturated carbocycles. The highest BCUT2D eigenvalue weighted by Crippen LogP contribution is 2.29. The summed E-state index contributed by atoms with van der Waals surface area (Å²) < 4.78 is 7.22. The van der Waals surface area contributed by atoms with Crippen LogP contribution in [0.25, 0.3) is 5.69 Å². The number of amides is 1. The molecule has 8 nitrogen and oxygen atoms in total. The van der Waals surface area contributed by atoms with Crippen molar-refractivity contribution >= 4 is 29.4 Å². The van der Waals surface area contributed by atoms with Crippen LogP contribution in [-0.4, -0.2) is 28.2 Å². The van der Waals surface area contributed by atoms with E-state index in [9.17, 15) is 14.9 Å². The van der Waals surface area contributed by atoms with E-state index < -0.39 is 4.92 Å². The maximum Gasteiger partial charge on any atom is 0.289 e. The minimum atomic E-state index is -0.515. The zero-order valence-electron chi connectivity index (χ0n) is 17.3. The number of hydrogen-bond acceptors (Lipinski definition) is 5. The molecule has 0 atom stereocenters. The lowest BCUT2D eigenvalue weighted by Gasteiger charge is -2.10. The Hall–Kier alpha value is -3.65. The molecule has 0 radical (unpaired) electrons. The number of carbonyl (C=O) groups is 1. The minimum Gasteiger partial charge on any atom is -0.494 e. The molecule has 0 unspecified atom stereocenters. The molecular weight excluding hydrogens is 420 g/mol. The van der Waals surface area contributed by atoms with E-state index >= 15 is 0 Å². The predicted octanol–water partition coefficient (Wildman–Crippen LogP) is 4.82. The molecule has 3 rings (SSSR count). The summed E-state index contributed by atoms with van der Waals surface area (Å²) in [6, 6.07) is 13.3. The highest BCUT2D eigenvalue weighted by Gasteiger charge is 2.16. The van der Waals surface area contributed by atoms with Crippen molar-refractivity contribution in [1.82, 2.24) is 9.99 Å². The normalized spacial score (nSPS) is 11.0. The van der Waals surface area contributed by atoms with Crippen LogP contribution in [0.4, 0.5) is 5.69 Å². The van der Waals surface area contributed by atoms with Gasteiger partial charge in [0.1, 0.15) is 10.8 Å². The lowest BCUT2D eigenvalue weighted by molar-refractivity contribution is -0.384. The van der Waals surface area contributed by atoms with Crippen molar-refractivity contribution in [3.8, 4) is 11.4 Å². The molecule has 0 aliphatic rings. The number of aromatic nitrogens is 1. The number of benzene rings is 2. The molecule has 0 fully saturated rings. The number of hydrogen-bond donors (Lipinski definition) is 1. The molecule has 1 amide bonds. The zero-order chi connectivity index (χ0) is 22.5. The molecule has 2 aromatic carbocycles. The predicted molar refractivity (Wildman–Crippen MR) is 120 cm³/mol. The van der Waals surface area contributed by atoms with Gasteiger partial charge in [-0.05, 0) is 63.2 Å². The summed E-state index contributed by atoms with van der Waals surface area (Å²) in [5.74, 6) is 0.346. The Morgan fingerprint density at radius 2 is 1.94 bits per heavy atom. The Bertz CT molecular complexity index is 1150. The summed E-state index contributed by atoms with van der Waals surface area (Å²) in [5, 5.41) is 15.3. The number of nitro benzene ring substituents is 1. The lowest BCUT2D eigenvalue weighted by atomic mass is 10.2. The van der Waals surface area contributed by atoms with Crippen LogP contribution in [0.3, 0.4) is 0 Å². The summed E-state index contributed by atoms with van der Waals surface area (Å²) in [7, 11) is 0. The Morgan fingerprint density at radius 1 is 1.23 bits per heavy atom. The van der Waals surface area contributed by atoms with Gasteiger partial charge in [0.2, 0.25) is 0 Å². The van der Waals surface area contributed by atoms with Crippen LogP contribution in [0.2, 0.25) is 5.02 Å². The van der Waals surface area contributed by atoms with Gasteiger partial charge in [-0.1, -0.05) is 11.6 Å². The molecule has 3 aromatic rings. The maximum atomic E-state index is 12.3. The van der Waals surface area contributed by atoms with E-state index in [0.717, 1.165) is 17.0 Å². The summed E-state index contributed by atoms with van der Waals surface area (Å²) in [6.07, 6.45) is 1.54. The third kappa shape index (κ3) is 4.92. The van der Waals surface area contributed by atoms with Gasteiger partial charge in [-0.3, -0.25) is 14.9 Å². The zero-order valence-corrected chi connectivity index (χ0v) is 18.0. The van der Waals surface area contributed by atoms with E-state index in [1.165, 1.54) is 18.3 Å². The van der Waals surface area contributed by atoms with Gasteiger partial charge in [0, 0.05) is 28.6 Å². The first-order chi connectivity index (χ1) is 14.8. The van der Waals surface area contributed by atoms with Crippen LogP contribution >= 0.6 is 11.6 Å². The van der Waals surface area contributed by atoms with E-state index in [2.05, 4.69) is 10.5 Å². The van der Waals surface area contributed by atoms with Gasteiger partial charge in [-0.15, -0.1) is 0 Å². The molecule has 0 bridgehead atoms. The Labute approximate surface area is 184 Å². The van der Waals surface area contributed by atoms with Gasteiger partial charge in [0.15, 0.2) is 0 Å². The van der Waals surface area contributed by atoms with Crippen molar-refractivity contribution in [2.45, 2.75) is 20.8 Å². The number of halogens is 1. The highest BCUT2D eigenvalue weighted by atomic mass is 35.5. The van der Waals surface area contributed by atoms with Crippen molar-refractivity contribution in [3.63, 3.8) is 0 Å². The number of nitrogens with zero attached hydrogens (tertiary/aromatic N) is 3. The third-order valence-electron chi connectivity index (χ3n) is 4.65. The molecule has 0 aliphatic carbocycles. The number of hydrazone groups is 1. The fraction of sp³-hybridized carbons (Fsp3) is 0.182. The van der Waals surface area contributed by atoms with Crippen molar-refractivity contribution < 1.29 is 14.5 Å². The smallest absolute Gasteiger partial charge is 0.289 e. The lowest BCUT2D eigenvalue weighted by Crippen LogP contribution is -2.17. The van der Waals surface area contributed by atoms with Gasteiger partial charge < -0.3 is 9.30 Å². The monoisotopic (exact) mass is 440 g/mol. The Balaban J connectivity index is 1.78. The molecule has 1 N–H and O–H groups in total. The number of rotatable bonds is 7. The minimum absolute atomic E-state index is 0.0787. The van der Waals surface area contributed by atoms with Crippen LogP contribution in [0, 0.1) is 24.0 Å². The number of carbonyl (C=O) groups excluding carboxylic acids is 1. The fourth-order valence-corrected chi connectivity index (χ4v) is 3.38. The standard InChI is InChI=1S/C22H21ClN4O4/c1-4-31-19-8-5-16(6-9-19)22(28)25-24-13-17-11-14(2)26(15(17)3)18-7-10-20(23)21(12-18)27(29)30/h5-13H,4H2,1-3H3,(H,25,28)/b24-13-. The second kappa shape index (κ2) is 9.44. The summed E-state index contributed by atoms with van der Waals surface area (Å²) in [6.45, 7) is 6.18. The first-order valence-electron chi connectivity index (χ1n) is 9.51. The Morgan fingerprint density at radius 3 is 2.58 bits per heavy atom.